The number of aryl methyl sites for hydroxylation is 1. The van der Waals surface area contributed by atoms with E-state index in [-0.39, 0.29) is 29.2 Å². The van der Waals surface area contributed by atoms with Gasteiger partial charge in [0.25, 0.3) is 11.5 Å². The first-order chi connectivity index (χ1) is 12.4. The lowest BCUT2D eigenvalue weighted by Crippen LogP contribution is -2.30. The summed E-state index contributed by atoms with van der Waals surface area (Å²) in [5.41, 5.74) is 1.54. The number of fused-ring (bicyclic) bond motifs is 1. The molecule has 11 nitrogen and oxygen atoms in total. The van der Waals surface area contributed by atoms with Crippen LogP contribution in [0.1, 0.15) is 5.56 Å². The van der Waals surface area contributed by atoms with Crippen LogP contribution in [0.5, 0.6) is 11.5 Å². The van der Waals surface area contributed by atoms with E-state index in [1.807, 2.05) is 0 Å². The monoisotopic (exact) mass is 358 g/mol. The van der Waals surface area contributed by atoms with E-state index in [4.69, 9.17) is 0 Å². The fourth-order valence-electron chi connectivity index (χ4n) is 2.31. The third-order valence-electron chi connectivity index (χ3n) is 3.60. The summed E-state index contributed by atoms with van der Waals surface area (Å²) in [6.07, 6.45) is 2.48. The maximum absolute atomic E-state index is 12.0. The largest absolute Gasteiger partial charge is 0.508 e. The summed E-state index contributed by atoms with van der Waals surface area (Å²) in [6, 6.07) is 3.91. The van der Waals surface area contributed by atoms with E-state index in [1.165, 1.54) is 36.3 Å². The highest BCUT2D eigenvalue weighted by atomic mass is 16.3. The molecule has 2 heterocycles. The molecule has 0 saturated heterocycles. The Hall–Kier alpha value is -3.89. The molecule has 3 aromatic rings. The molecule has 0 fully saturated rings. The molecule has 134 valence electrons. The van der Waals surface area contributed by atoms with Gasteiger partial charge in [-0.1, -0.05) is 0 Å². The fourth-order valence-corrected chi connectivity index (χ4v) is 2.31. The summed E-state index contributed by atoms with van der Waals surface area (Å²) in [5, 5.41) is 22.5. The number of rotatable bonds is 4. The molecule has 0 radical (unpaired) electrons. The molecule has 26 heavy (non-hydrogen) atoms. The standard InChI is InChI=1S/C15H14N6O5/c1-20-13-12(14(25)18-15(20)26)21(7-16-13)6-11(24)19-17-5-8-2-3-9(22)4-10(8)23/h2-5,7,22-23H,6H2,1H3,(H,19,24)(H,18,25,26). The summed E-state index contributed by atoms with van der Waals surface area (Å²) in [6.45, 7) is -0.253. The first kappa shape index (κ1) is 17.0. The lowest BCUT2D eigenvalue weighted by atomic mass is 10.2. The van der Waals surface area contributed by atoms with E-state index >= 15 is 0 Å². The van der Waals surface area contributed by atoms with Crippen LogP contribution in [0.4, 0.5) is 0 Å². The topological polar surface area (TPSA) is 155 Å². The number of nitrogens with zero attached hydrogens (tertiary/aromatic N) is 4. The Balaban J connectivity index is 1.76. The molecule has 0 aliphatic heterocycles. The van der Waals surface area contributed by atoms with Crippen molar-refractivity contribution in [2.75, 3.05) is 0 Å². The molecule has 0 aliphatic rings. The number of H-pyrrole nitrogens is 1. The van der Waals surface area contributed by atoms with Crippen molar-refractivity contribution in [1.29, 1.82) is 0 Å². The molecular formula is C15H14N6O5. The van der Waals surface area contributed by atoms with Crippen LogP contribution in [0.15, 0.2) is 39.2 Å². The van der Waals surface area contributed by atoms with Crippen molar-refractivity contribution < 1.29 is 15.0 Å². The Morgan fingerprint density at radius 1 is 1.38 bits per heavy atom. The van der Waals surface area contributed by atoms with E-state index in [0.717, 1.165) is 10.6 Å². The van der Waals surface area contributed by atoms with Crippen LogP contribution in [0.2, 0.25) is 0 Å². The Morgan fingerprint density at radius 3 is 2.88 bits per heavy atom. The number of aromatic amines is 1. The number of phenols is 2. The number of phenolic OH excluding ortho intramolecular Hbond substituents is 2. The van der Waals surface area contributed by atoms with Gasteiger partial charge in [0.15, 0.2) is 11.2 Å². The van der Waals surface area contributed by atoms with E-state index in [0.29, 0.717) is 5.56 Å². The number of carbonyl (C=O) groups excluding carboxylic acids is 1. The predicted octanol–water partition coefficient (Wildman–Crippen LogP) is -1.02. The zero-order valence-corrected chi connectivity index (χ0v) is 13.5. The minimum Gasteiger partial charge on any atom is -0.508 e. The van der Waals surface area contributed by atoms with Crippen LogP contribution < -0.4 is 16.7 Å². The van der Waals surface area contributed by atoms with Crippen molar-refractivity contribution in [3.63, 3.8) is 0 Å². The average Bonchev–Trinajstić information content (AvgIpc) is 2.99. The third kappa shape index (κ3) is 3.17. The Bertz CT molecular complexity index is 1140. The van der Waals surface area contributed by atoms with Crippen molar-refractivity contribution in [2.24, 2.45) is 12.1 Å². The number of hydrogen-bond donors (Lipinski definition) is 4. The normalized spacial score (nSPS) is 11.3. The van der Waals surface area contributed by atoms with Crippen LogP contribution in [0.3, 0.4) is 0 Å². The molecule has 2 aromatic heterocycles. The molecule has 0 aliphatic carbocycles. The van der Waals surface area contributed by atoms with Gasteiger partial charge in [-0.15, -0.1) is 0 Å². The first-order valence-electron chi connectivity index (χ1n) is 7.35. The average molecular weight is 358 g/mol. The van der Waals surface area contributed by atoms with E-state index < -0.39 is 17.2 Å². The lowest BCUT2D eigenvalue weighted by molar-refractivity contribution is -0.121. The van der Waals surface area contributed by atoms with Gasteiger partial charge in [-0.3, -0.25) is 19.1 Å². The van der Waals surface area contributed by atoms with Gasteiger partial charge in [0.05, 0.1) is 12.5 Å². The van der Waals surface area contributed by atoms with Crippen LogP contribution >= 0.6 is 0 Å². The van der Waals surface area contributed by atoms with E-state index in [2.05, 4.69) is 20.5 Å². The van der Waals surface area contributed by atoms with Crippen LogP contribution in [-0.4, -0.2) is 41.4 Å². The Kier molecular flexibility index (Phi) is 4.27. The number of benzene rings is 1. The number of hydrazone groups is 1. The SMILES string of the molecule is Cn1c(=O)[nH]c(=O)c2c1ncn2CC(=O)NN=Cc1ccc(O)cc1O. The summed E-state index contributed by atoms with van der Waals surface area (Å²) in [5.74, 6) is -0.849. The number of carbonyl (C=O) groups is 1. The predicted molar refractivity (Wildman–Crippen MR) is 91.1 cm³/mol. The molecule has 1 aromatic carbocycles. The van der Waals surface area contributed by atoms with Gasteiger partial charge in [-0.2, -0.15) is 5.10 Å². The number of hydrogen-bond acceptors (Lipinski definition) is 7. The second-order valence-electron chi connectivity index (χ2n) is 5.40. The second kappa shape index (κ2) is 6.55. The van der Waals surface area contributed by atoms with Gasteiger partial charge in [0.1, 0.15) is 18.0 Å². The molecule has 4 N–H and O–H groups in total. The quantitative estimate of drug-likeness (QED) is 0.346. The van der Waals surface area contributed by atoms with Crippen LogP contribution in [0, 0.1) is 0 Å². The van der Waals surface area contributed by atoms with Gasteiger partial charge in [-0.05, 0) is 12.1 Å². The molecule has 0 unspecified atom stereocenters. The van der Waals surface area contributed by atoms with E-state index in [1.54, 1.807) is 0 Å². The maximum atomic E-state index is 12.0. The molecule has 0 bridgehead atoms. The molecule has 11 heteroatoms. The number of aromatic nitrogens is 4. The zero-order chi connectivity index (χ0) is 18.8. The number of amides is 1. The number of aromatic hydroxyl groups is 2. The molecule has 0 spiro atoms. The smallest absolute Gasteiger partial charge is 0.329 e. The summed E-state index contributed by atoms with van der Waals surface area (Å²) in [4.78, 5) is 41.6. The van der Waals surface area contributed by atoms with Crippen molar-refractivity contribution in [3.05, 3.63) is 50.9 Å². The van der Waals surface area contributed by atoms with Gasteiger partial charge in [0.2, 0.25) is 0 Å². The molecular weight excluding hydrogens is 344 g/mol. The zero-order valence-electron chi connectivity index (χ0n) is 13.5. The molecule has 0 saturated carbocycles. The third-order valence-corrected chi connectivity index (χ3v) is 3.60. The van der Waals surface area contributed by atoms with Crippen LogP contribution in [0.25, 0.3) is 11.2 Å². The molecule has 1 amide bonds. The molecule has 3 rings (SSSR count). The van der Waals surface area contributed by atoms with Gasteiger partial charge in [-0.25, -0.2) is 15.2 Å². The minimum absolute atomic E-state index is 0.0856. The van der Waals surface area contributed by atoms with Crippen molar-refractivity contribution in [1.82, 2.24) is 24.5 Å². The summed E-state index contributed by atoms with van der Waals surface area (Å²) in [7, 11) is 1.45. The van der Waals surface area contributed by atoms with Gasteiger partial charge >= 0.3 is 5.69 Å². The van der Waals surface area contributed by atoms with Crippen molar-refractivity contribution in [3.8, 4) is 11.5 Å². The van der Waals surface area contributed by atoms with E-state index in [9.17, 15) is 24.6 Å². The molecule has 0 atom stereocenters. The lowest BCUT2D eigenvalue weighted by Gasteiger charge is -2.03. The highest BCUT2D eigenvalue weighted by Gasteiger charge is 2.13. The first-order valence-corrected chi connectivity index (χ1v) is 7.35. The second-order valence-corrected chi connectivity index (χ2v) is 5.40. The van der Waals surface area contributed by atoms with Crippen molar-refractivity contribution >= 4 is 23.3 Å². The summed E-state index contributed by atoms with van der Waals surface area (Å²) < 4.78 is 2.45. The fraction of sp³-hybridized carbons (Fsp3) is 0.133. The highest BCUT2D eigenvalue weighted by molar-refractivity contribution is 5.85. The van der Waals surface area contributed by atoms with Crippen LogP contribution in [-0.2, 0) is 18.4 Å². The van der Waals surface area contributed by atoms with Gasteiger partial charge in [0, 0.05) is 18.7 Å². The maximum Gasteiger partial charge on any atom is 0.329 e. The Labute approximate surface area is 144 Å². The Morgan fingerprint density at radius 2 is 2.15 bits per heavy atom. The number of nitrogens with one attached hydrogen (secondary N) is 2. The number of imidazole rings is 1. The highest BCUT2D eigenvalue weighted by Crippen LogP contribution is 2.20. The summed E-state index contributed by atoms with van der Waals surface area (Å²) >= 11 is 0. The minimum atomic E-state index is -0.647. The van der Waals surface area contributed by atoms with Crippen molar-refractivity contribution in [2.45, 2.75) is 6.54 Å². The van der Waals surface area contributed by atoms with Gasteiger partial charge < -0.3 is 14.8 Å².